The van der Waals surface area contributed by atoms with Gasteiger partial charge in [-0.15, -0.1) is 0 Å². The summed E-state index contributed by atoms with van der Waals surface area (Å²) in [5.74, 6) is -1.98. The van der Waals surface area contributed by atoms with Crippen LogP contribution < -0.4 is 10.6 Å². The van der Waals surface area contributed by atoms with Crippen LogP contribution in [-0.2, 0) is 4.79 Å². The molecule has 0 fully saturated rings. The second kappa shape index (κ2) is 7.88. The van der Waals surface area contributed by atoms with Gasteiger partial charge in [0.25, 0.3) is 5.91 Å². The van der Waals surface area contributed by atoms with Crippen LogP contribution in [0.25, 0.3) is 0 Å². The number of hydrogen-bond acceptors (Lipinski definition) is 3. The predicted octanol–water partition coefficient (Wildman–Crippen LogP) is 4.34. The van der Waals surface area contributed by atoms with Crippen LogP contribution in [-0.4, -0.2) is 5.91 Å². The van der Waals surface area contributed by atoms with Gasteiger partial charge in [-0.1, -0.05) is 0 Å². The lowest BCUT2D eigenvalue weighted by Crippen LogP contribution is -2.15. The van der Waals surface area contributed by atoms with E-state index in [1.54, 1.807) is 12.1 Å². The molecule has 24 heavy (non-hydrogen) atoms. The Morgan fingerprint density at radius 2 is 1.96 bits per heavy atom. The quantitative estimate of drug-likeness (QED) is 0.424. The van der Waals surface area contributed by atoms with Crippen LogP contribution in [0.5, 0.6) is 0 Å². The molecule has 2 aromatic carbocycles. The highest BCUT2D eigenvalue weighted by atomic mass is 127. The number of anilines is 2. The van der Waals surface area contributed by atoms with Gasteiger partial charge in [-0.3, -0.25) is 4.79 Å². The van der Waals surface area contributed by atoms with Gasteiger partial charge >= 0.3 is 0 Å². The molecule has 0 heterocycles. The lowest BCUT2D eigenvalue weighted by molar-refractivity contribution is -0.112. The second-order valence-corrected chi connectivity index (χ2v) is 6.10. The number of amides is 1. The van der Waals surface area contributed by atoms with Crippen LogP contribution in [0, 0.1) is 33.5 Å². The van der Waals surface area contributed by atoms with Gasteiger partial charge in [0.2, 0.25) is 0 Å². The Balaban J connectivity index is 2.16. The van der Waals surface area contributed by atoms with Crippen molar-refractivity contribution in [2.75, 3.05) is 10.6 Å². The molecule has 0 spiro atoms. The minimum atomic E-state index is -0.696. The van der Waals surface area contributed by atoms with E-state index >= 15 is 0 Å². The fraction of sp³-hybridized carbons (Fsp3) is 0.0588. The molecule has 4 nitrogen and oxygen atoms in total. The van der Waals surface area contributed by atoms with E-state index < -0.39 is 17.5 Å². The normalized spacial score (nSPS) is 10.9. The number of aryl methyl sites for hydroxylation is 1. The maximum Gasteiger partial charge on any atom is 0.267 e. The van der Waals surface area contributed by atoms with Gasteiger partial charge in [0.1, 0.15) is 23.3 Å². The van der Waals surface area contributed by atoms with E-state index in [-0.39, 0.29) is 11.3 Å². The molecule has 7 heteroatoms. The van der Waals surface area contributed by atoms with E-state index in [1.165, 1.54) is 0 Å². The average Bonchev–Trinajstić information content (AvgIpc) is 2.54. The van der Waals surface area contributed by atoms with E-state index in [0.29, 0.717) is 5.69 Å². The van der Waals surface area contributed by atoms with Crippen LogP contribution in [0.4, 0.5) is 20.2 Å². The fourth-order valence-electron chi connectivity index (χ4n) is 1.86. The van der Waals surface area contributed by atoms with Gasteiger partial charge in [0.05, 0.1) is 5.69 Å². The summed E-state index contributed by atoms with van der Waals surface area (Å²) in [6.45, 7) is 1.83. The van der Waals surface area contributed by atoms with Gasteiger partial charge in [-0.25, -0.2) is 8.78 Å². The summed E-state index contributed by atoms with van der Waals surface area (Å²) in [6, 6.07) is 10.0. The molecule has 0 radical (unpaired) electrons. The van der Waals surface area contributed by atoms with Crippen molar-refractivity contribution in [3.05, 3.63) is 68.9 Å². The largest absolute Gasteiger partial charge is 0.358 e. The number of halogens is 3. The molecule has 0 bridgehead atoms. The first kappa shape index (κ1) is 17.9. The van der Waals surface area contributed by atoms with E-state index in [2.05, 4.69) is 33.2 Å². The number of carbonyl (C=O) groups is 1. The van der Waals surface area contributed by atoms with E-state index in [1.807, 2.05) is 19.1 Å². The van der Waals surface area contributed by atoms with E-state index in [0.717, 1.165) is 33.5 Å². The molecule has 0 aliphatic rings. The van der Waals surface area contributed by atoms with Crippen molar-refractivity contribution in [2.24, 2.45) is 0 Å². The Labute approximate surface area is 151 Å². The van der Waals surface area contributed by atoms with Crippen molar-refractivity contribution in [1.82, 2.24) is 0 Å². The maximum absolute atomic E-state index is 13.5. The van der Waals surface area contributed by atoms with Crippen LogP contribution in [0.15, 0.2) is 48.2 Å². The van der Waals surface area contributed by atoms with Crippen molar-refractivity contribution in [1.29, 1.82) is 5.26 Å². The Morgan fingerprint density at radius 3 is 2.62 bits per heavy atom. The molecule has 0 unspecified atom stereocenters. The minimum absolute atomic E-state index is 0.166. The SMILES string of the molecule is Cc1cc(I)ccc1NC(=O)/C(C#N)=C\Nc1cc(F)ccc1F. The van der Waals surface area contributed by atoms with Gasteiger partial charge in [0.15, 0.2) is 0 Å². The lowest BCUT2D eigenvalue weighted by atomic mass is 10.2. The van der Waals surface area contributed by atoms with Gasteiger partial charge in [0, 0.05) is 21.5 Å². The molecule has 2 N–H and O–H groups in total. The molecule has 122 valence electrons. The number of nitriles is 1. The summed E-state index contributed by atoms with van der Waals surface area (Å²) >= 11 is 2.15. The predicted molar refractivity (Wildman–Crippen MR) is 96.2 cm³/mol. The lowest BCUT2D eigenvalue weighted by Gasteiger charge is -2.08. The molecule has 0 aromatic heterocycles. The van der Waals surface area contributed by atoms with E-state index in [4.69, 9.17) is 5.26 Å². The molecular weight excluding hydrogens is 427 g/mol. The molecule has 0 saturated carbocycles. The maximum atomic E-state index is 13.5. The number of nitrogens with zero attached hydrogens (tertiary/aromatic N) is 1. The first-order chi connectivity index (χ1) is 11.4. The summed E-state index contributed by atoms with van der Waals surface area (Å²) in [4.78, 5) is 12.1. The number of nitrogens with one attached hydrogen (secondary N) is 2. The third-order valence-electron chi connectivity index (χ3n) is 3.10. The van der Waals surface area contributed by atoms with Crippen molar-refractivity contribution >= 4 is 39.9 Å². The highest BCUT2D eigenvalue weighted by molar-refractivity contribution is 14.1. The highest BCUT2D eigenvalue weighted by Gasteiger charge is 2.11. The standard InChI is InChI=1S/C17H12F2IN3O/c1-10-6-13(20)3-5-15(10)23-17(24)11(8-21)9-22-16-7-12(18)2-4-14(16)19/h2-7,9,22H,1H3,(H,23,24)/b11-9-. The summed E-state index contributed by atoms with van der Waals surface area (Å²) in [7, 11) is 0. The summed E-state index contributed by atoms with van der Waals surface area (Å²) in [5.41, 5.74) is 0.979. The number of carbonyl (C=O) groups excluding carboxylic acids is 1. The van der Waals surface area contributed by atoms with Crippen molar-refractivity contribution in [3.8, 4) is 6.07 Å². The third kappa shape index (κ3) is 4.52. The Bertz CT molecular complexity index is 859. The molecule has 0 aliphatic carbocycles. The van der Waals surface area contributed by atoms with Crippen LogP contribution >= 0.6 is 22.6 Å². The van der Waals surface area contributed by atoms with Crippen molar-refractivity contribution in [2.45, 2.75) is 6.92 Å². The molecular formula is C17H12F2IN3O. The molecule has 2 rings (SSSR count). The number of benzene rings is 2. The van der Waals surface area contributed by atoms with Crippen LogP contribution in [0.2, 0.25) is 0 Å². The molecule has 0 saturated heterocycles. The number of hydrogen-bond donors (Lipinski definition) is 2. The first-order valence-electron chi connectivity index (χ1n) is 6.80. The topological polar surface area (TPSA) is 64.9 Å². The summed E-state index contributed by atoms with van der Waals surface area (Å²) in [5, 5.41) is 14.1. The molecule has 1 amide bonds. The smallest absolute Gasteiger partial charge is 0.267 e. The molecule has 0 atom stereocenters. The zero-order chi connectivity index (χ0) is 17.7. The zero-order valence-electron chi connectivity index (χ0n) is 12.5. The van der Waals surface area contributed by atoms with Gasteiger partial charge in [-0.05, 0) is 65.4 Å². The Hall–Kier alpha value is -2.47. The Kier molecular flexibility index (Phi) is 5.87. The van der Waals surface area contributed by atoms with Crippen molar-refractivity contribution in [3.63, 3.8) is 0 Å². The third-order valence-corrected chi connectivity index (χ3v) is 3.77. The molecule has 0 aliphatic heterocycles. The summed E-state index contributed by atoms with van der Waals surface area (Å²) in [6.07, 6.45) is 1.04. The first-order valence-corrected chi connectivity index (χ1v) is 7.88. The highest BCUT2D eigenvalue weighted by Crippen LogP contribution is 2.19. The van der Waals surface area contributed by atoms with Crippen molar-refractivity contribution < 1.29 is 13.6 Å². The number of rotatable bonds is 4. The fourth-order valence-corrected chi connectivity index (χ4v) is 2.51. The monoisotopic (exact) mass is 439 g/mol. The van der Waals surface area contributed by atoms with Crippen LogP contribution in [0.3, 0.4) is 0 Å². The van der Waals surface area contributed by atoms with Gasteiger partial charge < -0.3 is 10.6 Å². The zero-order valence-corrected chi connectivity index (χ0v) is 14.7. The van der Waals surface area contributed by atoms with Gasteiger partial charge in [-0.2, -0.15) is 5.26 Å². The summed E-state index contributed by atoms with van der Waals surface area (Å²) < 4.78 is 27.6. The Morgan fingerprint density at radius 1 is 1.21 bits per heavy atom. The van der Waals surface area contributed by atoms with Crippen LogP contribution in [0.1, 0.15) is 5.56 Å². The second-order valence-electron chi connectivity index (χ2n) is 4.85. The molecule has 2 aromatic rings. The van der Waals surface area contributed by atoms with E-state index in [9.17, 15) is 13.6 Å². The average molecular weight is 439 g/mol. The minimum Gasteiger partial charge on any atom is -0.358 e.